The fraction of sp³-hybridized carbons (Fsp3) is 0.545. The molecule has 6 heteroatoms. The highest BCUT2D eigenvalue weighted by Gasteiger charge is 2.21. The van der Waals surface area contributed by atoms with Crippen molar-refractivity contribution in [3.8, 4) is 0 Å². The molecule has 2 N–H and O–H groups in total. The number of carbonyl (C=O) groups excluding carboxylic acids is 1. The lowest BCUT2D eigenvalue weighted by Crippen LogP contribution is -2.42. The predicted molar refractivity (Wildman–Crippen MR) is 64.8 cm³/mol. The van der Waals surface area contributed by atoms with Gasteiger partial charge >= 0.3 is 5.97 Å². The number of carboxylic acids is 1. The van der Waals surface area contributed by atoms with E-state index in [1.807, 2.05) is 13.8 Å². The molecular weight excluding hydrogens is 240 g/mol. The topological polar surface area (TPSA) is 79.3 Å². The normalized spacial score (nSPS) is 12.4. The van der Waals surface area contributed by atoms with Gasteiger partial charge in [-0.1, -0.05) is 13.8 Å². The van der Waals surface area contributed by atoms with E-state index in [9.17, 15) is 9.59 Å². The first kappa shape index (κ1) is 13.6. The van der Waals surface area contributed by atoms with Crippen LogP contribution in [0.25, 0.3) is 0 Å². The van der Waals surface area contributed by atoms with E-state index >= 15 is 0 Å². The van der Waals surface area contributed by atoms with E-state index in [-0.39, 0.29) is 18.2 Å². The number of hydrogen-bond donors (Lipinski definition) is 2. The van der Waals surface area contributed by atoms with Crippen molar-refractivity contribution >= 4 is 23.2 Å². The zero-order chi connectivity index (χ0) is 12.8. The number of aromatic nitrogens is 1. The smallest absolute Gasteiger partial charge is 0.326 e. The molecule has 1 aromatic heterocycles. The van der Waals surface area contributed by atoms with E-state index in [1.165, 1.54) is 11.3 Å². The average molecular weight is 256 g/mol. The maximum absolute atomic E-state index is 11.6. The second-order valence-electron chi connectivity index (χ2n) is 4.24. The van der Waals surface area contributed by atoms with Crippen LogP contribution in [0.4, 0.5) is 0 Å². The molecule has 1 heterocycles. The molecule has 17 heavy (non-hydrogen) atoms. The number of carboxylic acid groups (broad SMARTS) is 1. The van der Waals surface area contributed by atoms with Crippen LogP contribution >= 0.6 is 11.3 Å². The third kappa shape index (κ3) is 4.95. The third-order valence-electron chi connectivity index (χ3n) is 2.17. The molecule has 94 valence electrons. The number of nitrogens with one attached hydrogen (secondary N) is 1. The molecule has 5 nitrogen and oxygen atoms in total. The van der Waals surface area contributed by atoms with Gasteiger partial charge in [-0.05, 0) is 12.3 Å². The first-order chi connectivity index (χ1) is 7.99. The van der Waals surface area contributed by atoms with E-state index in [2.05, 4.69) is 10.3 Å². The highest BCUT2D eigenvalue weighted by Crippen LogP contribution is 2.06. The lowest BCUT2D eigenvalue weighted by atomic mass is 10.0. The molecule has 0 saturated heterocycles. The molecule has 0 radical (unpaired) electrons. The lowest BCUT2D eigenvalue weighted by molar-refractivity contribution is -0.142. The van der Waals surface area contributed by atoms with Crippen LogP contribution in [0.3, 0.4) is 0 Å². The predicted octanol–water partition coefficient (Wildman–Crippen LogP) is 1.30. The molecule has 0 aliphatic carbocycles. The van der Waals surface area contributed by atoms with Crippen molar-refractivity contribution in [2.75, 3.05) is 0 Å². The van der Waals surface area contributed by atoms with Crippen molar-refractivity contribution in [1.82, 2.24) is 10.3 Å². The van der Waals surface area contributed by atoms with Crippen molar-refractivity contribution < 1.29 is 14.7 Å². The van der Waals surface area contributed by atoms with E-state index < -0.39 is 12.0 Å². The Kier molecular flexibility index (Phi) is 5.09. The van der Waals surface area contributed by atoms with Gasteiger partial charge in [-0.25, -0.2) is 9.78 Å². The minimum absolute atomic E-state index is 0.130. The Balaban J connectivity index is 2.49. The highest BCUT2D eigenvalue weighted by atomic mass is 32.1. The van der Waals surface area contributed by atoms with E-state index in [4.69, 9.17) is 5.11 Å². The number of rotatable bonds is 6. The second-order valence-corrected chi connectivity index (χ2v) is 4.96. The number of amides is 1. The minimum atomic E-state index is -0.995. The maximum Gasteiger partial charge on any atom is 0.326 e. The number of carbonyl (C=O) groups is 2. The Morgan fingerprint density at radius 2 is 2.24 bits per heavy atom. The third-order valence-corrected chi connectivity index (χ3v) is 2.80. The van der Waals surface area contributed by atoms with E-state index in [0.29, 0.717) is 12.1 Å². The fourth-order valence-electron chi connectivity index (χ4n) is 1.43. The number of nitrogens with zero attached hydrogens (tertiary/aromatic N) is 1. The number of aliphatic carboxylic acids is 1. The molecule has 0 aliphatic heterocycles. The lowest BCUT2D eigenvalue weighted by Gasteiger charge is -2.16. The summed E-state index contributed by atoms with van der Waals surface area (Å²) in [5, 5.41) is 13.3. The molecule has 1 rings (SSSR count). The monoisotopic (exact) mass is 256 g/mol. The zero-order valence-electron chi connectivity index (χ0n) is 9.84. The summed E-state index contributed by atoms with van der Waals surface area (Å²) < 4.78 is 0. The number of thiazole rings is 1. The van der Waals surface area contributed by atoms with Crippen molar-refractivity contribution in [2.24, 2.45) is 5.92 Å². The minimum Gasteiger partial charge on any atom is -0.480 e. The summed E-state index contributed by atoms with van der Waals surface area (Å²) in [5.41, 5.74) is 2.31. The van der Waals surface area contributed by atoms with Crippen molar-refractivity contribution in [2.45, 2.75) is 32.7 Å². The largest absolute Gasteiger partial charge is 0.480 e. The summed E-state index contributed by atoms with van der Waals surface area (Å²) in [7, 11) is 0. The van der Waals surface area contributed by atoms with Crippen LogP contribution in [-0.2, 0) is 16.0 Å². The van der Waals surface area contributed by atoms with Crippen molar-refractivity contribution in [1.29, 1.82) is 0 Å². The standard InChI is InChI=1S/C11H16N2O3S/c1-7(2)3-9(11(15)16)13-10(14)4-8-5-17-6-12-8/h5-7,9H,3-4H2,1-2H3,(H,13,14)(H,15,16)/t9-/m1/s1. The van der Waals surface area contributed by atoms with Crippen LogP contribution in [0.2, 0.25) is 0 Å². The summed E-state index contributed by atoms with van der Waals surface area (Å²) >= 11 is 1.41. The van der Waals surface area contributed by atoms with Gasteiger partial charge in [0.2, 0.25) is 5.91 Å². The van der Waals surface area contributed by atoms with Crippen LogP contribution in [0.5, 0.6) is 0 Å². The molecular formula is C11H16N2O3S. The van der Waals surface area contributed by atoms with Gasteiger partial charge in [-0.15, -0.1) is 11.3 Å². The van der Waals surface area contributed by atoms with Crippen LogP contribution in [0.15, 0.2) is 10.9 Å². The molecule has 1 aromatic rings. The average Bonchev–Trinajstić information content (AvgIpc) is 2.68. The summed E-state index contributed by atoms with van der Waals surface area (Å²) in [5.74, 6) is -1.08. The van der Waals surface area contributed by atoms with Crippen LogP contribution in [-0.4, -0.2) is 28.0 Å². The Morgan fingerprint density at radius 1 is 1.53 bits per heavy atom. The Labute approximate surface area is 104 Å². The van der Waals surface area contributed by atoms with E-state index in [0.717, 1.165) is 0 Å². The summed E-state index contributed by atoms with van der Waals surface area (Å²) in [6, 6.07) is -0.818. The van der Waals surface area contributed by atoms with Gasteiger partial charge in [0, 0.05) is 5.38 Å². The molecule has 1 amide bonds. The Hall–Kier alpha value is -1.43. The summed E-state index contributed by atoms with van der Waals surface area (Å²) in [6.07, 6.45) is 0.559. The SMILES string of the molecule is CC(C)C[C@@H](NC(=O)Cc1cscn1)C(=O)O. The fourth-order valence-corrected chi connectivity index (χ4v) is 1.99. The molecule has 1 atom stereocenters. The van der Waals surface area contributed by atoms with Gasteiger partial charge in [0.15, 0.2) is 0 Å². The zero-order valence-corrected chi connectivity index (χ0v) is 10.7. The molecule has 0 aliphatic rings. The first-order valence-corrected chi connectivity index (χ1v) is 6.32. The molecule has 0 fully saturated rings. The van der Waals surface area contributed by atoms with Crippen molar-refractivity contribution in [3.05, 3.63) is 16.6 Å². The number of hydrogen-bond acceptors (Lipinski definition) is 4. The van der Waals surface area contributed by atoms with Gasteiger partial charge in [0.05, 0.1) is 17.6 Å². The van der Waals surface area contributed by atoms with Gasteiger partial charge in [-0.3, -0.25) is 4.79 Å². The first-order valence-electron chi connectivity index (χ1n) is 5.38. The van der Waals surface area contributed by atoms with Crippen LogP contribution < -0.4 is 5.32 Å². The Morgan fingerprint density at radius 3 is 2.71 bits per heavy atom. The summed E-state index contributed by atoms with van der Waals surface area (Å²) in [6.45, 7) is 3.84. The molecule has 0 bridgehead atoms. The maximum atomic E-state index is 11.6. The van der Waals surface area contributed by atoms with Gasteiger partial charge in [0.25, 0.3) is 0 Å². The van der Waals surface area contributed by atoms with Crippen LogP contribution in [0.1, 0.15) is 26.0 Å². The van der Waals surface area contributed by atoms with E-state index in [1.54, 1.807) is 10.9 Å². The van der Waals surface area contributed by atoms with Crippen molar-refractivity contribution in [3.63, 3.8) is 0 Å². The molecule has 0 unspecified atom stereocenters. The highest BCUT2D eigenvalue weighted by molar-refractivity contribution is 7.07. The Bertz CT molecular complexity index is 376. The van der Waals surface area contributed by atoms with Gasteiger partial charge < -0.3 is 10.4 Å². The summed E-state index contributed by atoms with van der Waals surface area (Å²) in [4.78, 5) is 26.5. The molecule has 0 aromatic carbocycles. The quantitative estimate of drug-likeness (QED) is 0.804. The van der Waals surface area contributed by atoms with Crippen LogP contribution in [0, 0.1) is 5.92 Å². The van der Waals surface area contributed by atoms with Gasteiger partial charge in [0.1, 0.15) is 6.04 Å². The second kappa shape index (κ2) is 6.34. The molecule has 0 spiro atoms. The van der Waals surface area contributed by atoms with Gasteiger partial charge in [-0.2, -0.15) is 0 Å². The molecule has 0 saturated carbocycles.